The van der Waals surface area contributed by atoms with Crippen LogP contribution in [0.25, 0.3) is 10.4 Å². The van der Waals surface area contributed by atoms with Crippen molar-refractivity contribution in [1.82, 2.24) is 10.3 Å². The number of nitrogens with zero attached hydrogens (tertiary/aromatic N) is 1. The Kier molecular flexibility index (Phi) is 7.06. The van der Waals surface area contributed by atoms with E-state index in [0.717, 1.165) is 11.3 Å². The number of aromatic nitrogens is 1. The second-order valence-electron chi connectivity index (χ2n) is 9.00. The largest absolute Gasteiger partial charge is 0.389 e. The predicted octanol–water partition coefficient (Wildman–Crippen LogP) is 3.52. The first-order chi connectivity index (χ1) is 15.7. The smallest absolute Gasteiger partial charge is 0.270 e. The first kappa shape index (κ1) is 25.3. The lowest BCUT2D eigenvalue weighted by Crippen LogP contribution is -2.38. The molecule has 8 nitrogen and oxygen atoms in total. The monoisotopic (exact) mass is 486 g/mol. The molecule has 1 aromatic carbocycles. The van der Waals surface area contributed by atoms with E-state index in [1.807, 2.05) is 0 Å². The van der Waals surface area contributed by atoms with Crippen LogP contribution in [0, 0.1) is 5.82 Å². The van der Waals surface area contributed by atoms with Crippen molar-refractivity contribution < 1.29 is 24.2 Å². The fourth-order valence-electron chi connectivity index (χ4n) is 3.03. The molecule has 0 unspecified atom stereocenters. The molecule has 6 N–H and O–H groups in total. The maximum Gasteiger partial charge on any atom is 0.270 e. The lowest BCUT2D eigenvalue weighted by atomic mass is 9.96. The Balaban J connectivity index is 1.89. The lowest BCUT2D eigenvalue weighted by molar-refractivity contribution is 0.0692. The van der Waals surface area contributed by atoms with Gasteiger partial charge in [0.1, 0.15) is 22.3 Å². The van der Waals surface area contributed by atoms with Gasteiger partial charge >= 0.3 is 0 Å². The Morgan fingerprint density at radius 3 is 2.41 bits per heavy atom. The van der Waals surface area contributed by atoms with Crippen molar-refractivity contribution >= 4 is 34.0 Å². The highest BCUT2D eigenvalue weighted by Gasteiger charge is 2.21. The number of pyridine rings is 1. The van der Waals surface area contributed by atoms with Crippen LogP contribution in [-0.2, 0) is 5.60 Å². The van der Waals surface area contributed by atoms with Gasteiger partial charge in [0.2, 0.25) is 0 Å². The van der Waals surface area contributed by atoms with Crippen molar-refractivity contribution in [3.63, 3.8) is 0 Å². The number of hydrogen-bond donors (Lipinski definition) is 5. The van der Waals surface area contributed by atoms with Crippen LogP contribution in [0.3, 0.4) is 0 Å². The van der Waals surface area contributed by atoms with Gasteiger partial charge in [-0.15, -0.1) is 11.3 Å². The van der Waals surface area contributed by atoms with Crippen molar-refractivity contribution in [2.45, 2.75) is 38.9 Å². The van der Waals surface area contributed by atoms with E-state index in [1.54, 1.807) is 45.9 Å². The molecule has 0 bridgehead atoms. The number of carbonyl (C=O) groups is 2. The third-order valence-corrected chi connectivity index (χ3v) is 5.93. The molecular formula is C24H27FN4O4S. The van der Waals surface area contributed by atoms with Gasteiger partial charge in [0.15, 0.2) is 0 Å². The number of carbonyl (C=O) groups excluding carboxylic acids is 2. The third-order valence-electron chi connectivity index (χ3n) is 4.84. The summed E-state index contributed by atoms with van der Waals surface area (Å²) < 4.78 is 14.8. The Hall–Kier alpha value is -3.34. The minimum atomic E-state index is -1.20. The first-order valence-electron chi connectivity index (χ1n) is 10.5. The van der Waals surface area contributed by atoms with Crippen LogP contribution in [-0.4, -0.2) is 39.2 Å². The summed E-state index contributed by atoms with van der Waals surface area (Å²) in [5.74, 6) is -1.45. The quantitative estimate of drug-likeness (QED) is 0.330. The molecule has 2 aromatic heterocycles. The second-order valence-corrected chi connectivity index (χ2v) is 10.1. The molecule has 10 heteroatoms. The summed E-state index contributed by atoms with van der Waals surface area (Å²) in [6.45, 7) is 6.31. The van der Waals surface area contributed by atoms with Gasteiger partial charge in [-0.2, -0.15) is 0 Å². The molecule has 0 aliphatic heterocycles. The van der Waals surface area contributed by atoms with E-state index < -0.39 is 28.8 Å². The molecule has 2 heterocycles. The number of amides is 2. The molecule has 2 amide bonds. The summed E-state index contributed by atoms with van der Waals surface area (Å²) in [5.41, 5.74) is 4.18. The number of primary amides is 1. The summed E-state index contributed by atoms with van der Waals surface area (Å²) in [5, 5.41) is 25.8. The van der Waals surface area contributed by atoms with Gasteiger partial charge < -0.3 is 26.6 Å². The summed E-state index contributed by atoms with van der Waals surface area (Å²) in [6.07, 6.45) is 0. The molecule has 0 saturated heterocycles. The van der Waals surface area contributed by atoms with Crippen molar-refractivity contribution in [3.8, 4) is 10.4 Å². The average Bonchev–Trinajstić information content (AvgIpc) is 3.14. The van der Waals surface area contributed by atoms with Gasteiger partial charge in [-0.05, 0) is 57.5 Å². The molecule has 180 valence electrons. The van der Waals surface area contributed by atoms with Crippen molar-refractivity contribution in [1.29, 1.82) is 0 Å². The third kappa shape index (κ3) is 6.16. The lowest BCUT2D eigenvalue weighted by Gasteiger charge is -2.18. The fourth-order valence-corrected chi connectivity index (χ4v) is 4.13. The maximum atomic E-state index is 14.8. The van der Waals surface area contributed by atoms with E-state index in [1.165, 1.54) is 24.3 Å². The van der Waals surface area contributed by atoms with E-state index in [-0.39, 0.29) is 29.2 Å². The molecule has 0 spiro atoms. The number of anilines is 2. The van der Waals surface area contributed by atoms with E-state index in [4.69, 9.17) is 5.73 Å². The summed E-state index contributed by atoms with van der Waals surface area (Å²) in [6, 6.07) is 10.6. The number of aliphatic hydroxyl groups is 2. The van der Waals surface area contributed by atoms with E-state index >= 15 is 0 Å². The molecule has 0 saturated carbocycles. The Bertz CT molecular complexity index is 1230. The predicted molar refractivity (Wildman–Crippen MR) is 130 cm³/mol. The van der Waals surface area contributed by atoms with Gasteiger partial charge in [0.05, 0.1) is 16.8 Å². The molecule has 0 radical (unpaired) electrons. The number of rotatable bonds is 8. The Labute approximate surface area is 200 Å². The van der Waals surface area contributed by atoms with E-state index in [0.29, 0.717) is 15.4 Å². The molecule has 0 atom stereocenters. The first-order valence-corrected chi connectivity index (χ1v) is 11.3. The van der Waals surface area contributed by atoms with Crippen LogP contribution in [0.2, 0.25) is 0 Å². The van der Waals surface area contributed by atoms with E-state index in [2.05, 4.69) is 15.6 Å². The summed E-state index contributed by atoms with van der Waals surface area (Å²) in [7, 11) is 0. The van der Waals surface area contributed by atoms with Crippen LogP contribution >= 0.6 is 11.3 Å². The summed E-state index contributed by atoms with van der Waals surface area (Å²) in [4.78, 5) is 29.1. The normalized spacial score (nSPS) is 11.9. The topological polar surface area (TPSA) is 138 Å². The minimum absolute atomic E-state index is 0.0447. The van der Waals surface area contributed by atoms with Crippen molar-refractivity contribution in [2.75, 3.05) is 11.9 Å². The van der Waals surface area contributed by atoms with Crippen molar-refractivity contribution in [3.05, 3.63) is 65.1 Å². The van der Waals surface area contributed by atoms with Gasteiger partial charge in [0.25, 0.3) is 11.8 Å². The number of thiophene rings is 1. The number of nitrogens with one attached hydrogen (secondary N) is 2. The molecule has 0 aliphatic rings. The van der Waals surface area contributed by atoms with Crippen LogP contribution in [0.15, 0.2) is 42.5 Å². The van der Waals surface area contributed by atoms with Crippen LogP contribution < -0.4 is 16.4 Å². The number of nitrogens with two attached hydrogens (primary N) is 1. The van der Waals surface area contributed by atoms with Crippen LogP contribution in [0.4, 0.5) is 15.2 Å². The maximum absolute atomic E-state index is 14.8. The molecule has 3 aromatic rings. The van der Waals surface area contributed by atoms with Crippen LogP contribution in [0.1, 0.15) is 54.1 Å². The fraction of sp³-hybridized carbons (Fsp3) is 0.292. The second kappa shape index (κ2) is 9.49. The number of halogens is 1. The SMILES string of the molecule is CC(C)(O)CNC(=O)c1cccc(Nc2sc(-c3ccc(C(C)(C)O)cc3F)cc2C(N)=O)n1. The Morgan fingerprint density at radius 2 is 1.82 bits per heavy atom. The van der Waals surface area contributed by atoms with Crippen LogP contribution in [0.5, 0.6) is 0 Å². The van der Waals surface area contributed by atoms with Gasteiger partial charge in [-0.25, -0.2) is 9.37 Å². The van der Waals surface area contributed by atoms with Gasteiger partial charge in [0, 0.05) is 17.0 Å². The minimum Gasteiger partial charge on any atom is -0.389 e. The standard InChI is InChI=1S/C24H27FN4O4S/c1-23(2,32)12-27-21(31)17-6-5-7-19(28-17)29-22-15(20(26)30)11-18(34-22)14-9-8-13(10-16(14)25)24(3,4)33/h5-11,32-33H,12H2,1-4H3,(H2,26,30)(H,27,31)(H,28,29). The zero-order valence-electron chi connectivity index (χ0n) is 19.3. The highest BCUT2D eigenvalue weighted by Crippen LogP contribution is 2.38. The highest BCUT2D eigenvalue weighted by molar-refractivity contribution is 7.19. The summed E-state index contributed by atoms with van der Waals surface area (Å²) >= 11 is 1.10. The molecular weight excluding hydrogens is 459 g/mol. The average molecular weight is 487 g/mol. The highest BCUT2D eigenvalue weighted by atomic mass is 32.1. The molecule has 0 aliphatic carbocycles. The molecule has 3 rings (SSSR count). The molecule has 0 fully saturated rings. The number of hydrogen-bond acceptors (Lipinski definition) is 7. The van der Waals surface area contributed by atoms with Crippen molar-refractivity contribution in [2.24, 2.45) is 5.73 Å². The van der Waals surface area contributed by atoms with Gasteiger partial charge in [-0.3, -0.25) is 9.59 Å². The van der Waals surface area contributed by atoms with Gasteiger partial charge in [-0.1, -0.05) is 18.2 Å². The zero-order chi connectivity index (χ0) is 25.3. The zero-order valence-corrected chi connectivity index (χ0v) is 20.1. The van der Waals surface area contributed by atoms with E-state index in [9.17, 15) is 24.2 Å². The number of benzene rings is 1. The Morgan fingerprint density at radius 1 is 1.12 bits per heavy atom. The molecule has 34 heavy (non-hydrogen) atoms.